The molecule has 4 rings (SSSR count). The molecule has 6 heteroatoms. The Morgan fingerprint density at radius 3 is 2.47 bits per heavy atom. The summed E-state index contributed by atoms with van der Waals surface area (Å²) in [7, 11) is 0. The third-order valence-electron chi connectivity index (χ3n) is 5.53. The number of ether oxygens (including phenoxy) is 1. The van der Waals surface area contributed by atoms with Gasteiger partial charge in [0.15, 0.2) is 0 Å². The summed E-state index contributed by atoms with van der Waals surface area (Å²) >= 11 is 0. The van der Waals surface area contributed by atoms with Crippen molar-refractivity contribution >= 4 is 12.1 Å². The predicted octanol–water partition coefficient (Wildman–Crippen LogP) is 3.89. The number of hydrazine groups is 1. The second kappa shape index (κ2) is 10.7. The van der Waals surface area contributed by atoms with E-state index in [-0.39, 0.29) is 18.0 Å². The van der Waals surface area contributed by atoms with E-state index >= 15 is 0 Å². The Morgan fingerprint density at radius 2 is 1.75 bits per heavy atom. The number of hydrazone groups is 1. The molecule has 1 saturated heterocycles. The maximum Gasteiger partial charge on any atom is 0.258 e. The van der Waals surface area contributed by atoms with Crippen LogP contribution >= 0.6 is 0 Å². The van der Waals surface area contributed by atoms with E-state index in [0.717, 1.165) is 28.9 Å². The number of amides is 1. The third-order valence-corrected chi connectivity index (χ3v) is 5.53. The van der Waals surface area contributed by atoms with E-state index in [9.17, 15) is 4.79 Å². The van der Waals surface area contributed by atoms with Crippen molar-refractivity contribution in [2.24, 2.45) is 5.10 Å². The van der Waals surface area contributed by atoms with E-state index in [1.807, 2.05) is 66.7 Å². The summed E-state index contributed by atoms with van der Waals surface area (Å²) in [5, 5.41) is 4.09. The topological polar surface area (TPSA) is 74.8 Å². The Labute approximate surface area is 188 Å². The van der Waals surface area contributed by atoms with Crippen LogP contribution in [0.4, 0.5) is 0 Å². The molecule has 1 heterocycles. The minimum Gasteiger partial charge on any atom is -0.489 e. The lowest BCUT2D eigenvalue weighted by Gasteiger charge is -2.11. The summed E-state index contributed by atoms with van der Waals surface area (Å²) in [6.45, 7) is 2.66. The van der Waals surface area contributed by atoms with E-state index in [2.05, 4.69) is 40.4 Å². The van der Waals surface area contributed by atoms with Gasteiger partial charge in [-0.3, -0.25) is 4.79 Å². The highest BCUT2D eigenvalue weighted by Gasteiger charge is 2.30. The highest BCUT2D eigenvalue weighted by atomic mass is 16.5. The maximum atomic E-state index is 12.4. The van der Waals surface area contributed by atoms with Crippen LogP contribution in [-0.2, 0) is 17.8 Å². The zero-order valence-corrected chi connectivity index (χ0v) is 18.1. The largest absolute Gasteiger partial charge is 0.489 e. The van der Waals surface area contributed by atoms with Crippen LogP contribution in [-0.4, -0.2) is 18.2 Å². The van der Waals surface area contributed by atoms with E-state index in [1.54, 1.807) is 6.21 Å². The molecule has 164 valence electrons. The first-order valence-corrected chi connectivity index (χ1v) is 10.9. The number of carbonyl (C=O) groups is 1. The first-order chi connectivity index (χ1) is 15.7. The SMILES string of the molecule is CCc1ccc(/C=N/NC(=O)C2CC(c3ccc(OCc4ccccc4)cc3)NN2)cc1. The number of rotatable bonds is 8. The number of carbonyl (C=O) groups excluding carboxylic acids is 1. The zero-order chi connectivity index (χ0) is 22.2. The van der Waals surface area contributed by atoms with Crippen LogP contribution in [0.5, 0.6) is 5.75 Å². The van der Waals surface area contributed by atoms with Crippen LogP contribution in [0.25, 0.3) is 0 Å². The summed E-state index contributed by atoms with van der Waals surface area (Å²) in [6.07, 6.45) is 3.29. The van der Waals surface area contributed by atoms with Crippen molar-refractivity contribution in [3.63, 3.8) is 0 Å². The van der Waals surface area contributed by atoms with Gasteiger partial charge in [0, 0.05) is 6.04 Å². The summed E-state index contributed by atoms with van der Waals surface area (Å²) in [5.41, 5.74) is 13.3. The minimum absolute atomic E-state index is 0.0412. The lowest BCUT2D eigenvalue weighted by Crippen LogP contribution is -2.41. The number of hydrogen-bond donors (Lipinski definition) is 3. The van der Waals surface area contributed by atoms with Crippen molar-refractivity contribution in [1.82, 2.24) is 16.3 Å². The molecule has 0 spiro atoms. The molecule has 0 bridgehead atoms. The van der Waals surface area contributed by atoms with Gasteiger partial charge in [-0.2, -0.15) is 5.10 Å². The van der Waals surface area contributed by atoms with Crippen molar-refractivity contribution in [2.45, 2.75) is 38.5 Å². The molecule has 3 aromatic carbocycles. The second-order valence-corrected chi connectivity index (χ2v) is 7.80. The van der Waals surface area contributed by atoms with Crippen molar-refractivity contribution in [1.29, 1.82) is 0 Å². The Hall–Kier alpha value is -3.48. The highest BCUT2D eigenvalue weighted by Crippen LogP contribution is 2.24. The van der Waals surface area contributed by atoms with Crippen LogP contribution < -0.4 is 21.0 Å². The van der Waals surface area contributed by atoms with Gasteiger partial charge >= 0.3 is 0 Å². The Balaban J connectivity index is 1.25. The fourth-order valence-corrected chi connectivity index (χ4v) is 3.57. The molecule has 0 saturated carbocycles. The normalized spacial score (nSPS) is 18.0. The number of benzene rings is 3. The summed E-state index contributed by atoms with van der Waals surface area (Å²) < 4.78 is 5.85. The van der Waals surface area contributed by atoms with Crippen LogP contribution in [0.2, 0.25) is 0 Å². The number of aryl methyl sites for hydroxylation is 1. The second-order valence-electron chi connectivity index (χ2n) is 7.80. The minimum atomic E-state index is -0.353. The Kier molecular flexibility index (Phi) is 7.27. The molecular formula is C26H28N4O2. The molecule has 3 aromatic rings. The van der Waals surface area contributed by atoms with Gasteiger partial charge in [0.25, 0.3) is 5.91 Å². The maximum absolute atomic E-state index is 12.4. The number of nitrogens with one attached hydrogen (secondary N) is 3. The molecule has 32 heavy (non-hydrogen) atoms. The summed E-state index contributed by atoms with van der Waals surface area (Å²) in [5.74, 6) is 0.656. The van der Waals surface area contributed by atoms with Crippen LogP contribution in [0, 0.1) is 0 Å². The average molecular weight is 429 g/mol. The lowest BCUT2D eigenvalue weighted by atomic mass is 10.0. The molecule has 6 nitrogen and oxygen atoms in total. The van der Waals surface area contributed by atoms with Crippen LogP contribution in [0.1, 0.15) is 41.6 Å². The van der Waals surface area contributed by atoms with Gasteiger partial charge < -0.3 is 4.74 Å². The lowest BCUT2D eigenvalue weighted by molar-refractivity contribution is -0.122. The third kappa shape index (κ3) is 5.81. The van der Waals surface area contributed by atoms with Gasteiger partial charge in [0.2, 0.25) is 0 Å². The van der Waals surface area contributed by atoms with E-state index < -0.39 is 0 Å². The van der Waals surface area contributed by atoms with Gasteiger partial charge in [-0.1, -0.05) is 73.7 Å². The Morgan fingerprint density at radius 1 is 1.00 bits per heavy atom. The van der Waals surface area contributed by atoms with E-state index in [1.165, 1.54) is 5.56 Å². The van der Waals surface area contributed by atoms with Crippen LogP contribution in [0.3, 0.4) is 0 Å². The molecular weight excluding hydrogens is 400 g/mol. The zero-order valence-electron chi connectivity index (χ0n) is 18.1. The monoisotopic (exact) mass is 428 g/mol. The molecule has 0 aromatic heterocycles. The van der Waals surface area contributed by atoms with Gasteiger partial charge in [0.1, 0.15) is 18.4 Å². The quantitative estimate of drug-likeness (QED) is 0.376. The van der Waals surface area contributed by atoms with Gasteiger partial charge in [-0.25, -0.2) is 16.3 Å². The van der Waals surface area contributed by atoms with Gasteiger partial charge in [-0.15, -0.1) is 0 Å². The molecule has 0 radical (unpaired) electrons. The average Bonchev–Trinajstić information content (AvgIpc) is 3.35. The van der Waals surface area contributed by atoms with E-state index in [0.29, 0.717) is 13.0 Å². The smallest absolute Gasteiger partial charge is 0.258 e. The fourth-order valence-electron chi connectivity index (χ4n) is 3.57. The highest BCUT2D eigenvalue weighted by molar-refractivity contribution is 5.85. The summed E-state index contributed by atoms with van der Waals surface area (Å²) in [6, 6.07) is 25.9. The van der Waals surface area contributed by atoms with Crippen LogP contribution in [0.15, 0.2) is 84.0 Å². The molecule has 1 amide bonds. The fraction of sp³-hybridized carbons (Fsp3) is 0.231. The van der Waals surface area contributed by atoms with Gasteiger partial charge in [-0.05, 0) is 47.2 Å². The molecule has 2 atom stereocenters. The number of hydrogen-bond acceptors (Lipinski definition) is 5. The van der Waals surface area contributed by atoms with Crippen molar-refractivity contribution in [2.75, 3.05) is 0 Å². The molecule has 1 aliphatic rings. The number of nitrogens with zero attached hydrogens (tertiary/aromatic N) is 1. The first kappa shape index (κ1) is 21.7. The molecule has 3 N–H and O–H groups in total. The van der Waals surface area contributed by atoms with E-state index in [4.69, 9.17) is 4.74 Å². The van der Waals surface area contributed by atoms with Crippen molar-refractivity contribution < 1.29 is 9.53 Å². The molecule has 2 unspecified atom stereocenters. The first-order valence-electron chi connectivity index (χ1n) is 10.9. The van der Waals surface area contributed by atoms with Crippen molar-refractivity contribution in [3.05, 3.63) is 101 Å². The molecule has 1 fully saturated rings. The Bertz CT molecular complexity index is 1030. The van der Waals surface area contributed by atoms with Crippen molar-refractivity contribution in [3.8, 4) is 5.75 Å². The predicted molar refractivity (Wildman–Crippen MR) is 126 cm³/mol. The molecule has 1 aliphatic heterocycles. The molecule has 0 aliphatic carbocycles. The van der Waals surface area contributed by atoms with Gasteiger partial charge in [0.05, 0.1) is 6.21 Å². The summed E-state index contributed by atoms with van der Waals surface area (Å²) in [4.78, 5) is 12.4. The standard InChI is InChI=1S/C26H28N4O2/c1-2-19-8-10-20(11-9-19)17-27-30-26(31)25-16-24(28-29-25)22-12-14-23(15-13-22)32-18-21-6-4-3-5-7-21/h3-15,17,24-25,28-29H,2,16,18H2,1H3,(H,30,31)/b27-17+.